The van der Waals surface area contributed by atoms with Crippen molar-refractivity contribution >= 4 is 22.8 Å². The fourth-order valence-corrected chi connectivity index (χ4v) is 4.50. The first-order chi connectivity index (χ1) is 14.2. The third-order valence-corrected chi connectivity index (χ3v) is 6.05. The summed E-state index contributed by atoms with van der Waals surface area (Å²) < 4.78 is 5.52. The molecule has 0 N–H and O–H groups in total. The molecule has 1 aliphatic carbocycles. The van der Waals surface area contributed by atoms with Gasteiger partial charge in [0.05, 0.1) is 0 Å². The zero-order valence-electron chi connectivity index (χ0n) is 18.2. The van der Waals surface area contributed by atoms with Gasteiger partial charge in [-0.05, 0) is 40.8 Å². The first-order valence-electron chi connectivity index (χ1n) is 11.6. The van der Waals surface area contributed by atoms with Gasteiger partial charge in [0.25, 0.3) is 0 Å². The number of carbonyl (C=O) groups excluding carboxylic acids is 1. The van der Waals surface area contributed by atoms with E-state index in [0.717, 1.165) is 12.0 Å². The van der Waals surface area contributed by atoms with Crippen LogP contribution in [0.15, 0.2) is 36.4 Å². The summed E-state index contributed by atoms with van der Waals surface area (Å²) in [4.78, 5) is 11.5. The number of unbranched alkanes of at least 4 members (excludes halogenated alkanes) is 9. The van der Waals surface area contributed by atoms with Crippen LogP contribution in [0.25, 0.3) is 16.8 Å². The van der Waals surface area contributed by atoms with Crippen LogP contribution in [0.1, 0.15) is 101 Å². The first-order valence-corrected chi connectivity index (χ1v) is 11.6. The molecule has 0 bridgehead atoms. The summed E-state index contributed by atoms with van der Waals surface area (Å²) >= 11 is 0. The average Bonchev–Trinajstić information content (AvgIpc) is 2.72. The van der Waals surface area contributed by atoms with E-state index < -0.39 is 0 Å². The molecular weight excluding hydrogens is 356 g/mol. The van der Waals surface area contributed by atoms with Crippen molar-refractivity contribution in [3.63, 3.8) is 0 Å². The second-order valence-electron chi connectivity index (χ2n) is 8.40. The second kappa shape index (κ2) is 11.2. The van der Waals surface area contributed by atoms with E-state index in [0.29, 0.717) is 0 Å². The van der Waals surface area contributed by atoms with Crippen molar-refractivity contribution in [2.75, 3.05) is 0 Å². The molecule has 0 fully saturated rings. The molecule has 156 valence electrons. The van der Waals surface area contributed by atoms with Gasteiger partial charge in [0, 0.05) is 12.5 Å². The number of benzene rings is 2. The van der Waals surface area contributed by atoms with Crippen molar-refractivity contribution < 1.29 is 9.53 Å². The van der Waals surface area contributed by atoms with Crippen LogP contribution in [-0.4, -0.2) is 5.97 Å². The van der Waals surface area contributed by atoms with Crippen LogP contribution in [0.2, 0.25) is 0 Å². The summed E-state index contributed by atoms with van der Waals surface area (Å²) in [6.45, 7) is 3.75. The average molecular weight is 393 g/mol. The van der Waals surface area contributed by atoms with Crippen molar-refractivity contribution in [3.05, 3.63) is 53.1 Å². The Bertz CT molecular complexity index is 834. The van der Waals surface area contributed by atoms with Gasteiger partial charge in [0.1, 0.15) is 6.10 Å². The van der Waals surface area contributed by atoms with Crippen LogP contribution in [0.4, 0.5) is 0 Å². The van der Waals surface area contributed by atoms with Crippen molar-refractivity contribution in [3.8, 4) is 0 Å². The van der Waals surface area contributed by atoms with E-state index in [1.54, 1.807) is 0 Å². The molecule has 2 aromatic carbocycles. The van der Waals surface area contributed by atoms with Gasteiger partial charge in [-0.3, -0.25) is 4.79 Å². The molecule has 0 heterocycles. The van der Waals surface area contributed by atoms with Crippen molar-refractivity contribution in [2.24, 2.45) is 0 Å². The zero-order chi connectivity index (χ0) is 20.5. The van der Waals surface area contributed by atoms with Gasteiger partial charge in [0.15, 0.2) is 0 Å². The lowest BCUT2D eigenvalue weighted by molar-refractivity contribution is -0.144. The van der Waals surface area contributed by atoms with E-state index in [4.69, 9.17) is 4.74 Å². The molecule has 2 aromatic rings. The third kappa shape index (κ3) is 5.95. The number of ether oxygens (including phenoxy) is 1. The molecule has 1 unspecified atom stereocenters. The van der Waals surface area contributed by atoms with E-state index in [1.165, 1.54) is 93.0 Å². The maximum absolute atomic E-state index is 11.5. The smallest absolute Gasteiger partial charge is 0.303 e. The predicted octanol–water partition coefficient (Wildman–Crippen LogP) is 7.93. The van der Waals surface area contributed by atoms with Crippen LogP contribution < -0.4 is 0 Å². The summed E-state index contributed by atoms with van der Waals surface area (Å²) in [5.74, 6) is -0.235. The Morgan fingerprint density at radius 2 is 1.59 bits per heavy atom. The molecule has 0 saturated heterocycles. The molecule has 0 aliphatic heterocycles. The summed E-state index contributed by atoms with van der Waals surface area (Å²) in [7, 11) is 0. The fraction of sp³-hybridized carbons (Fsp3) is 0.519. The molecule has 1 aliphatic rings. The van der Waals surface area contributed by atoms with Crippen molar-refractivity contribution in [1.82, 2.24) is 0 Å². The number of esters is 1. The third-order valence-electron chi connectivity index (χ3n) is 6.05. The van der Waals surface area contributed by atoms with Gasteiger partial charge < -0.3 is 4.74 Å². The Balaban J connectivity index is 1.53. The Labute approximate surface area is 176 Å². The normalized spacial score (nSPS) is 15.0. The van der Waals surface area contributed by atoms with Gasteiger partial charge in [-0.1, -0.05) is 101 Å². The summed E-state index contributed by atoms with van der Waals surface area (Å²) in [5.41, 5.74) is 3.85. The molecule has 0 aromatic heterocycles. The Morgan fingerprint density at radius 3 is 2.28 bits per heavy atom. The lowest BCUT2D eigenvalue weighted by Gasteiger charge is -2.23. The highest BCUT2D eigenvalue weighted by atomic mass is 16.5. The van der Waals surface area contributed by atoms with Crippen LogP contribution in [0.5, 0.6) is 0 Å². The molecular formula is C27H36O2. The van der Waals surface area contributed by atoms with Crippen LogP contribution in [0, 0.1) is 0 Å². The molecule has 2 heteroatoms. The highest BCUT2D eigenvalue weighted by Gasteiger charge is 2.21. The standard InChI is InChI=1S/C27H36O2/c1-3-4-5-6-7-8-9-10-11-12-14-22-17-18-23-15-13-16-25-26(29-21(2)28)20-19-24(22)27(23)25/h13,15-20,26H,3-12,14H2,1-2H3. The van der Waals surface area contributed by atoms with Crippen LogP contribution >= 0.6 is 0 Å². The maximum Gasteiger partial charge on any atom is 0.303 e. The van der Waals surface area contributed by atoms with Crippen molar-refractivity contribution in [1.29, 1.82) is 0 Å². The van der Waals surface area contributed by atoms with Gasteiger partial charge >= 0.3 is 5.97 Å². The second-order valence-corrected chi connectivity index (χ2v) is 8.40. The van der Waals surface area contributed by atoms with Gasteiger partial charge in [-0.15, -0.1) is 0 Å². The summed E-state index contributed by atoms with van der Waals surface area (Å²) in [6, 6.07) is 10.8. The number of aryl methyl sites for hydroxylation is 1. The maximum atomic E-state index is 11.5. The molecule has 1 atom stereocenters. The van der Waals surface area contributed by atoms with Gasteiger partial charge in [-0.2, -0.15) is 0 Å². The van der Waals surface area contributed by atoms with E-state index in [-0.39, 0.29) is 12.1 Å². The number of carbonyl (C=O) groups is 1. The molecule has 0 radical (unpaired) electrons. The minimum Gasteiger partial charge on any atom is -0.453 e. The summed E-state index contributed by atoms with van der Waals surface area (Å²) in [6.07, 6.45) is 18.7. The Morgan fingerprint density at radius 1 is 0.897 bits per heavy atom. The zero-order valence-corrected chi connectivity index (χ0v) is 18.2. The lowest BCUT2D eigenvalue weighted by atomic mass is 9.87. The molecule has 0 spiro atoms. The monoisotopic (exact) mass is 392 g/mol. The number of hydrogen-bond acceptors (Lipinski definition) is 2. The highest BCUT2D eigenvalue weighted by Crippen LogP contribution is 2.37. The van der Waals surface area contributed by atoms with Crippen LogP contribution in [-0.2, 0) is 16.0 Å². The van der Waals surface area contributed by atoms with Gasteiger partial charge in [-0.25, -0.2) is 0 Å². The van der Waals surface area contributed by atoms with Gasteiger partial charge in [0.2, 0.25) is 0 Å². The SMILES string of the molecule is CCCCCCCCCCCCc1ccc2cccc3c2c1C=CC3OC(C)=O. The Kier molecular flexibility index (Phi) is 8.34. The predicted molar refractivity (Wildman–Crippen MR) is 123 cm³/mol. The quantitative estimate of drug-likeness (QED) is 0.271. The minimum atomic E-state index is -0.267. The highest BCUT2D eigenvalue weighted by molar-refractivity contribution is 5.96. The largest absolute Gasteiger partial charge is 0.453 e. The summed E-state index contributed by atoms with van der Waals surface area (Å²) in [5, 5.41) is 2.48. The fourth-order valence-electron chi connectivity index (χ4n) is 4.50. The first kappa shape index (κ1) is 21.6. The van der Waals surface area contributed by atoms with E-state index in [2.05, 4.69) is 43.3 Å². The van der Waals surface area contributed by atoms with E-state index in [1.807, 2.05) is 6.08 Å². The number of hydrogen-bond donors (Lipinski definition) is 0. The minimum absolute atomic E-state index is 0.235. The Hall–Kier alpha value is -2.09. The molecule has 2 nitrogen and oxygen atoms in total. The van der Waals surface area contributed by atoms with E-state index >= 15 is 0 Å². The van der Waals surface area contributed by atoms with E-state index in [9.17, 15) is 4.79 Å². The topological polar surface area (TPSA) is 26.3 Å². The number of rotatable bonds is 12. The van der Waals surface area contributed by atoms with Crippen molar-refractivity contribution in [2.45, 2.75) is 90.6 Å². The lowest BCUT2D eigenvalue weighted by Crippen LogP contribution is -2.10. The van der Waals surface area contributed by atoms with Crippen LogP contribution in [0.3, 0.4) is 0 Å². The molecule has 3 rings (SSSR count). The molecule has 29 heavy (non-hydrogen) atoms. The molecule has 0 saturated carbocycles. The molecule has 0 amide bonds.